The largest absolute Gasteiger partial charge is 0.464 e. The molecule has 1 heterocycles. The van der Waals surface area contributed by atoms with Crippen LogP contribution in [0.15, 0.2) is 34.7 Å². The Kier molecular flexibility index (Phi) is 3.47. The normalized spacial score (nSPS) is 10.5. The Morgan fingerprint density at radius 3 is 2.59 bits per heavy atom. The zero-order chi connectivity index (χ0) is 12.3. The van der Waals surface area contributed by atoms with Crippen molar-refractivity contribution in [2.24, 2.45) is 0 Å². The first kappa shape index (κ1) is 11.7. The molecule has 0 saturated heterocycles. The fraction of sp³-hybridized carbons (Fsp3) is 0.286. The predicted octanol–water partition coefficient (Wildman–Crippen LogP) is 3.90. The Labute approximate surface area is 100 Å². The van der Waals surface area contributed by atoms with E-state index in [1.807, 2.05) is 12.1 Å². The van der Waals surface area contributed by atoms with Crippen molar-refractivity contribution >= 4 is 5.69 Å². The van der Waals surface area contributed by atoms with Gasteiger partial charge in [-0.15, -0.1) is 0 Å². The molecule has 3 heteroatoms. The van der Waals surface area contributed by atoms with Gasteiger partial charge in [0.25, 0.3) is 0 Å². The molecule has 2 rings (SSSR count). The lowest BCUT2D eigenvalue weighted by molar-refractivity contribution is 0.476. The summed E-state index contributed by atoms with van der Waals surface area (Å²) < 4.78 is 18.6. The fourth-order valence-corrected chi connectivity index (χ4v) is 1.65. The molecule has 17 heavy (non-hydrogen) atoms. The molecule has 1 aromatic carbocycles. The minimum absolute atomic E-state index is 0.179. The number of rotatable bonds is 4. The number of halogens is 1. The van der Waals surface area contributed by atoms with E-state index in [0.717, 1.165) is 23.6 Å². The smallest absolute Gasteiger partial charge is 0.126 e. The molecule has 0 saturated carbocycles. The summed E-state index contributed by atoms with van der Waals surface area (Å²) in [7, 11) is 0. The van der Waals surface area contributed by atoms with Gasteiger partial charge in [0, 0.05) is 12.1 Å². The van der Waals surface area contributed by atoms with Crippen molar-refractivity contribution in [1.82, 2.24) is 0 Å². The Morgan fingerprint density at radius 2 is 1.94 bits per heavy atom. The summed E-state index contributed by atoms with van der Waals surface area (Å²) in [5.74, 6) is 1.70. The van der Waals surface area contributed by atoms with Crippen LogP contribution >= 0.6 is 0 Å². The van der Waals surface area contributed by atoms with E-state index in [1.165, 1.54) is 6.07 Å². The molecular weight excluding hydrogens is 217 g/mol. The lowest BCUT2D eigenvalue weighted by atomic mass is 10.2. The summed E-state index contributed by atoms with van der Waals surface area (Å²) in [6.07, 6.45) is 0.898. The van der Waals surface area contributed by atoms with Crippen LogP contribution in [0, 0.1) is 12.7 Å². The fourth-order valence-electron chi connectivity index (χ4n) is 1.65. The first-order valence-electron chi connectivity index (χ1n) is 5.76. The number of anilines is 1. The number of furan rings is 1. The zero-order valence-corrected chi connectivity index (χ0v) is 10.1. The average molecular weight is 233 g/mol. The number of nitrogens with one attached hydrogen (secondary N) is 1. The molecule has 0 radical (unpaired) electrons. The Hall–Kier alpha value is -1.77. The van der Waals surface area contributed by atoms with E-state index >= 15 is 0 Å². The second-order valence-electron chi connectivity index (χ2n) is 4.04. The van der Waals surface area contributed by atoms with E-state index in [2.05, 4.69) is 12.2 Å². The summed E-state index contributed by atoms with van der Waals surface area (Å²) in [5, 5.41) is 3.21. The van der Waals surface area contributed by atoms with Gasteiger partial charge in [-0.3, -0.25) is 0 Å². The van der Waals surface area contributed by atoms with E-state index in [4.69, 9.17) is 4.42 Å². The van der Waals surface area contributed by atoms with Gasteiger partial charge in [-0.2, -0.15) is 0 Å². The summed E-state index contributed by atoms with van der Waals surface area (Å²) in [6, 6.07) is 8.93. The molecule has 0 aliphatic heterocycles. The topological polar surface area (TPSA) is 25.2 Å². The molecule has 0 unspecified atom stereocenters. The Balaban J connectivity index is 1.99. The van der Waals surface area contributed by atoms with Crippen molar-refractivity contribution < 1.29 is 8.81 Å². The monoisotopic (exact) mass is 233 g/mol. The predicted molar refractivity (Wildman–Crippen MR) is 66.5 cm³/mol. The Morgan fingerprint density at radius 1 is 1.18 bits per heavy atom. The van der Waals surface area contributed by atoms with Crippen LogP contribution < -0.4 is 5.32 Å². The van der Waals surface area contributed by atoms with Crippen molar-refractivity contribution in [3.05, 3.63) is 53.2 Å². The standard InChI is InChI=1S/C14H16FNO/c1-3-12-5-6-13(17-12)9-16-11-4-7-14(15)10(2)8-11/h4-8,16H,3,9H2,1-2H3. The molecule has 0 spiro atoms. The molecule has 90 valence electrons. The van der Waals surface area contributed by atoms with Gasteiger partial charge in [0.05, 0.1) is 6.54 Å². The van der Waals surface area contributed by atoms with Gasteiger partial charge >= 0.3 is 0 Å². The van der Waals surface area contributed by atoms with E-state index in [9.17, 15) is 4.39 Å². The summed E-state index contributed by atoms with van der Waals surface area (Å²) >= 11 is 0. The minimum atomic E-state index is -0.179. The van der Waals surface area contributed by atoms with Crippen molar-refractivity contribution in [1.29, 1.82) is 0 Å². The molecule has 2 aromatic rings. The van der Waals surface area contributed by atoms with Crippen molar-refractivity contribution in [2.75, 3.05) is 5.32 Å². The van der Waals surface area contributed by atoms with Crippen LogP contribution in [-0.2, 0) is 13.0 Å². The van der Waals surface area contributed by atoms with Gasteiger partial charge in [0.15, 0.2) is 0 Å². The van der Waals surface area contributed by atoms with Gasteiger partial charge in [-0.05, 0) is 42.8 Å². The zero-order valence-electron chi connectivity index (χ0n) is 10.1. The maximum absolute atomic E-state index is 13.1. The molecule has 0 aliphatic rings. The first-order chi connectivity index (χ1) is 8.19. The molecule has 1 N–H and O–H groups in total. The molecule has 0 bridgehead atoms. The third-order valence-electron chi connectivity index (χ3n) is 2.69. The maximum atomic E-state index is 13.1. The minimum Gasteiger partial charge on any atom is -0.464 e. The van der Waals surface area contributed by atoms with Crippen molar-refractivity contribution in [2.45, 2.75) is 26.8 Å². The van der Waals surface area contributed by atoms with Gasteiger partial charge in [-0.25, -0.2) is 4.39 Å². The maximum Gasteiger partial charge on any atom is 0.126 e. The number of benzene rings is 1. The van der Waals surface area contributed by atoms with Crippen LogP contribution in [0.25, 0.3) is 0 Å². The molecule has 1 aromatic heterocycles. The first-order valence-corrected chi connectivity index (χ1v) is 5.76. The van der Waals surface area contributed by atoms with Gasteiger partial charge in [-0.1, -0.05) is 6.92 Å². The van der Waals surface area contributed by atoms with E-state index in [0.29, 0.717) is 12.1 Å². The highest BCUT2D eigenvalue weighted by Crippen LogP contribution is 2.15. The second kappa shape index (κ2) is 5.04. The molecule has 2 nitrogen and oxygen atoms in total. The van der Waals surface area contributed by atoms with Crippen LogP contribution in [0.3, 0.4) is 0 Å². The second-order valence-corrected chi connectivity index (χ2v) is 4.04. The van der Waals surface area contributed by atoms with Crippen LogP contribution in [0.4, 0.5) is 10.1 Å². The molecule has 0 fully saturated rings. The van der Waals surface area contributed by atoms with Crippen LogP contribution in [-0.4, -0.2) is 0 Å². The number of hydrogen-bond donors (Lipinski definition) is 1. The SMILES string of the molecule is CCc1ccc(CNc2ccc(F)c(C)c2)o1. The van der Waals surface area contributed by atoms with E-state index in [1.54, 1.807) is 19.1 Å². The van der Waals surface area contributed by atoms with E-state index in [-0.39, 0.29) is 5.82 Å². The van der Waals surface area contributed by atoms with Crippen LogP contribution in [0.5, 0.6) is 0 Å². The third kappa shape index (κ3) is 2.87. The highest BCUT2D eigenvalue weighted by atomic mass is 19.1. The van der Waals surface area contributed by atoms with Gasteiger partial charge in [0.1, 0.15) is 17.3 Å². The number of hydrogen-bond acceptors (Lipinski definition) is 2. The molecular formula is C14H16FNO. The highest BCUT2D eigenvalue weighted by molar-refractivity contribution is 5.46. The van der Waals surface area contributed by atoms with Crippen LogP contribution in [0.1, 0.15) is 24.0 Å². The lowest BCUT2D eigenvalue weighted by Gasteiger charge is -2.05. The highest BCUT2D eigenvalue weighted by Gasteiger charge is 2.02. The van der Waals surface area contributed by atoms with Gasteiger partial charge in [0.2, 0.25) is 0 Å². The van der Waals surface area contributed by atoms with E-state index < -0.39 is 0 Å². The van der Waals surface area contributed by atoms with Crippen LogP contribution in [0.2, 0.25) is 0 Å². The van der Waals surface area contributed by atoms with Crippen molar-refractivity contribution in [3.63, 3.8) is 0 Å². The molecule has 0 atom stereocenters. The third-order valence-corrected chi connectivity index (χ3v) is 2.69. The van der Waals surface area contributed by atoms with Gasteiger partial charge < -0.3 is 9.73 Å². The molecule has 0 amide bonds. The van der Waals surface area contributed by atoms with Crippen molar-refractivity contribution in [3.8, 4) is 0 Å². The quantitative estimate of drug-likeness (QED) is 0.866. The Bertz CT molecular complexity index is 505. The summed E-state index contributed by atoms with van der Waals surface area (Å²) in [4.78, 5) is 0. The lowest BCUT2D eigenvalue weighted by Crippen LogP contribution is -1.98. The summed E-state index contributed by atoms with van der Waals surface area (Å²) in [6.45, 7) is 4.42. The average Bonchev–Trinajstić information content (AvgIpc) is 2.79. The molecule has 0 aliphatic carbocycles. The number of aryl methyl sites for hydroxylation is 2. The summed E-state index contributed by atoms with van der Waals surface area (Å²) in [5.41, 5.74) is 1.54.